The van der Waals surface area contributed by atoms with E-state index in [1.165, 1.54) is 5.56 Å². The lowest BCUT2D eigenvalue weighted by Crippen LogP contribution is -2.67. The third-order valence-electron chi connectivity index (χ3n) is 8.66. The van der Waals surface area contributed by atoms with Crippen LogP contribution in [0.4, 0.5) is 10.5 Å². The molecule has 2 N–H and O–H groups in total. The zero-order chi connectivity index (χ0) is 26.2. The van der Waals surface area contributed by atoms with Crippen molar-refractivity contribution in [3.8, 4) is 5.75 Å². The Hall–Kier alpha value is -3.30. The average molecular weight is 519 g/mol. The van der Waals surface area contributed by atoms with Gasteiger partial charge in [0.25, 0.3) is 0 Å². The number of hydrogen-bond donors (Lipinski definition) is 2. The summed E-state index contributed by atoms with van der Waals surface area (Å²) in [4.78, 5) is 33.3. The molecule has 38 heavy (non-hydrogen) atoms. The number of rotatable bonds is 5. The lowest BCUT2D eigenvalue weighted by molar-refractivity contribution is -0.134. The maximum absolute atomic E-state index is 13.8. The second-order valence-corrected chi connectivity index (χ2v) is 10.9. The Labute approximate surface area is 224 Å². The van der Waals surface area contributed by atoms with Gasteiger partial charge < -0.3 is 19.4 Å². The highest BCUT2D eigenvalue weighted by atomic mass is 16.5. The van der Waals surface area contributed by atoms with Gasteiger partial charge >= 0.3 is 6.03 Å². The molecule has 4 aliphatic rings. The molecule has 0 radical (unpaired) electrons. The number of para-hydroxylation sites is 2. The summed E-state index contributed by atoms with van der Waals surface area (Å²) in [6, 6.07) is 16.4. The van der Waals surface area contributed by atoms with Crippen molar-refractivity contribution in [3.63, 3.8) is 0 Å². The van der Waals surface area contributed by atoms with Gasteiger partial charge in [-0.3, -0.25) is 10.1 Å². The van der Waals surface area contributed by atoms with Crippen LogP contribution in [0.1, 0.15) is 43.0 Å². The predicted molar refractivity (Wildman–Crippen MR) is 145 cm³/mol. The average Bonchev–Trinajstić information content (AvgIpc) is 3.41. The van der Waals surface area contributed by atoms with Crippen molar-refractivity contribution in [2.75, 3.05) is 44.7 Å². The summed E-state index contributed by atoms with van der Waals surface area (Å²) in [5, 5.41) is 5.45. The number of aryl methyl sites for hydroxylation is 1. The van der Waals surface area contributed by atoms with Crippen LogP contribution in [-0.2, 0) is 4.79 Å². The Morgan fingerprint density at radius 3 is 2.61 bits per heavy atom. The number of hydrazine groups is 1. The highest BCUT2D eigenvalue weighted by molar-refractivity contribution is 5.85. The molecule has 2 aromatic rings. The van der Waals surface area contributed by atoms with Crippen LogP contribution < -0.4 is 20.4 Å². The second kappa shape index (κ2) is 10.5. The number of benzene rings is 2. The first-order chi connectivity index (χ1) is 18.5. The van der Waals surface area contributed by atoms with E-state index in [0.717, 1.165) is 55.8 Å². The normalized spacial score (nSPS) is 27.3. The molecule has 3 aliphatic heterocycles. The van der Waals surface area contributed by atoms with Crippen molar-refractivity contribution in [3.05, 3.63) is 59.7 Å². The Kier molecular flexibility index (Phi) is 6.88. The van der Waals surface area contributed by atoms with Gasteiger partial charge in [0.05, 0.1) is 12.8 Å². The summed E-state index contributed by atoms with van der Waals surface area (Å²) in [6.45, 7) is 4.96. The predicted octanol–water partition coefficient (Wildman–Crippen LogP) is 3.08. The number of amides is 3. The number of nitrogens with zero attached hydrogens (tertiary/aromatic N) is 4. The Balaban J connectivity index is 1.14. The van der Waals surface area contributed by atoms with E-state index in [0.29, 0.717) is 19.0 Å². The van der Waals surface area contributed by atoms with Crippen LogP contribution in [0.5, 0.6) is 5.75 Å². The van der Waals surface area contributed by atoms with E-state index >= 15 is 0 Å². The minimum atomic E-state index is -0.120. The molecule has 4 unspecified atom stereocenters. The smallest absolute Gasteiger partial charge is 0.336 e. The lowest BCUT2D eigenvalue weighted by Gasteiger charge is -2.50. The maximum atomic E-state index is 13.8. The SMILES string of the molecule is COc1ccccc1N1CCN(C(=O)CN2C(=O)N3NC(c4cccc(C)c4)NC3C3CCCCC32)CC1. The molecule has 2 aromatic carbocycles. The van der Waals surface area contributed by atoms with Crippen LogP contribution in [-0.4, -0.2) is 78.8 Å². The van der Waals surface area contributed by atoms with Crippen LogP contribution >= 0.6 is 0 Å². The molecule has 0 aromatic heterocycles. The van der Waals surface area contributed by atoms with E-state index in [9.17, 15) is 9.59 Å². The van der Waals surface area contributed by atoms with Gasteiger partial charge in [-0.15, -0.1) is 0 Å². The highest BCUT2D eigenvalue weighted by Gasteiger charge is 2.52. The minimum Gasteiger partial charge on any atom is -0.495 e. The first-order valence-corrected chi connectivity index (χ1v) is 13.9. The zero-order valence-corrected chi connectivity index (χ0v) is 22.3. The van der Waals surface area contributed by atoms with E-state index in [-0.39, 0.29) is 36.9 Å². The Bertz CT molecular complexity index is 1180. The number of nitrogens with one attached hydrogen (secondary N) is 2. The number of ether oxygens (including phenoxy) is 1. The third-order valence-corrected chi connectivity index (χ3v) is 8.66. The van der Waals surface area contributed by atoms with E-state index < -0.39 is 0 Å². The van der Waals surface area contributed by atoms with Crippen LogP contribution in [0, 0.1) is 12.8 Å². The van der Waals surface area contributed by atoms with Gasteiger partial charge in [0.2, 0.25) is 5.91 Å². The number of piperazine rings is 1. The minimum absolute atomic E-state index is 0.0307. The summed E-state index contributed by atoms with van der Waals surface area (Å²) in [5.74, 6) is 1.17. The van der Waals surface area contributed by atoms with Gasteiger partial charge in [-0.25, -0.2) is 15.2 Å². The summed E-state index contributed by atoms with van der Waals surface area (Å²) >= 11 is 0. The summed E-state index contributed by atoms with van der Waals surface area (Å²) in [7, 11) is 1.69. The molecular weight excluding hydrogens is 480 g/mol. The number of carbonyl (C=O) groups excluding carboxylic acids is 2. The standard InChI is InChI=1S/C29H38N6O3/c1-20-8-7-9-21(18-20)27-30-28-22-10-3-4-11-23(22)34(29(37)35(28)31-27)19-26(36)33-16-14-32(15-17-33)24-12-5-6-13-25(24)38-2/h5-9,12-13,18,22-23,27-28,30-31H,3-4,10-11,14-17,19H2,1-2H3. The van der Waals surface area contributed by atoms with Crippen molar-refractivity contribution in [1.82, 2.24) is 25.6 Å². The van der Waals surface area contributed by atoms with E-state index in [4.69, 9.17) is 4.74 Å². The summed E-state index contributed by atoms with van der Waals surface area (Å²) in [6.07, 6.45) is 4.07. The molecule has 3 saturated heterocycles. The van der Waals surface area contributed by atoms with Gasteiger partial charge in [0, 0.05) is 38.1 Å². The van der Waals surface area contributed by atoms with Gasteiger partial charge in [0.1, 0.15) is 24.6 Å². The molecular formula is C29H38N6O3. The first-order valence-electron chi connectivity index (χ1n) is 13.9. The van der Waals surface area contributed by atoms with Gasteiger partial charge in [-0.05, 0) is 37.5 Å². The quantitative estimate of drug-likeness (QED) is 0.634. The van der Waals surface area contributed by atoms with Gasteiger partial charge in [-0.1, -0.05) is 54.8 Å². The summed E-state index contributed by atoms with van der Waals surface area (Å²) in [5.41, 5.74) is 6.79. The topological polar surface area (TPSA) is 80.4 Å². The van der Waals surface area contributed by atoms with Crippen LogP contribution in [0.2, 0.25) is 0 Å². The lowest BCUT2D eigenvalue weighted by atomic mass is 9.80. The molecule has 4 atom stereocenters. The largest absolute Gasteiger partial charge is 0.495 e. The molecule has 3 amide bonds. The number of carbonyl (C=O) groups is 2. The van der Waals surface area contributed by atoms with Crippen LogP contribution in [0.15, 0.2) is 48.5 Å². The highest BCUT2D eigenvalue weighted by Crippen LogP contribution is 2.39. The first kappa shape index (κ1) is 25.0. The fourth-order valence-electron chi connectivity index (χ4n) is 6.71. The number of anilines is 1. The zero-order valence-electron chi connectivity index (χ0n) is 22.3. The molecule has 1 saturated carbocycles. The van der Waals surface area contributed by atoms with Crippen molar-refractivity contribution in [2.24, 2.45) is 5.92 Å². The van der Waals surface area contributed by atoms with Crippen molar-refractivity contribution < 1.29 is 14.3 Å². The van der Waals surface area contributed by atoms with Crippen molar-refractivity contribution >= 4 is 17.6 Å². The second-order valence-electron chi connectivity index (χ2n) is 10.9. The molecule has 202 valence electrons. The molecule has 0 bridgehead atoms. The molecule has 1 aliphatic carbocycles. The van der Waals surface area contributed by atoms with Crippen molar-refractivity contribution in [1.29, 1.82) is 0 Å². The molecule has 6 rings (SSSR count). The third kappa shape index (κ3) is 4.58. The van der Waals surface area contributed by atoms with Gasteiger partial charge in [0.15, 0.2) is 0 Å². The van der Waals surface area contributed by atoms with Crippen LogP contribution in [0.3, 0.4) is 0 Å². The van der Waals surface area contributed by atoms with E-state index in [1.54, 1.807) is 12.1 Å². The number of urea groups is 1. The Morgan fingerprint density at radius 2 is 1.82 bits per heavy atom. The number of hydrogen-bond acceptors (Lipinski definition) is 6. The fraction of sp³-hybridized carbons (Fsp3) is 0.517. The summed E-state index contributed by atoms with van der Waals surface area (Å²) < 4.78 is 5.53. The fourth-order valence-corrected chi connectivity index (χ4v) is 6.71. The molecule has 9 heteroatoms. The number of fused-ring (bicyclic) bond motifs is 3. The van der Waals surface area contributed by atoms with Gasteiger partial charge in [-0.2, -0.15) is 0 Å². The van der Waals surface area contributed by atoms with Crippen molar-refractivity contribution in [2.45, 2.75) is 51.0 Å². The van der Waals surface area contributed by atoms with Crippen LogP contribution in [0.25, 0.3) is 0 Å². The number of methoxy groups -OCH3 is 1. The van der Waals surface area contributed by atoms with E-state index in [2.05, 4.69) is 52.9 Å². The Morgan fingerprint density at radius 1 is 1.03 bits per heavy atom. The maximum Gasteiger partial charge on any atom is 0.336 e. The molecule has 4 fully saturated rings. The molecule has 0 spiro atoms. The van der Waals surface area contributed by atoms with E-state index in [1.807, 2.05) is 28.0 Å². The molecule has 9 nitrogen and oxygen atoms in total. The monoisotopic (exact) mass is 518 g/mol. The molecule has 3 heterocycles.